The third-order valence-corrected chi connectivity index (χ3v) is 4.28. The summed E-state index contributed by atoms with van der Waals surface area (Å²) in [5.74, 6) is -0.519. The van der Waals surface area contributed by atoms with Crippen molar-refractivity contribution in [1.82, 2.24) is 5.32 Å². The van der Waals surface area contributed by atoms with Crippen LogP contribution >= 0.6 is 11.8 Å². The number of hydrogen-bond donors (Lipinski definition) is 2. The Morgan fingerprint density at radius 3 is 2.68 bits per heavy atom. The van der Waals surface area contributed by atoms with Crippen LogP contribution in [0.4, 0.5) is 4.39 Å². The van der Waals surface area contributed by atoms with Gasteiger partial charge in [0.2, 0.25) is 5.91 Å². The Hall–Kier alpha value is -1.85. The highest BCUT2D eigenvalue weighted by molar-refractivity contribution is 8.00. The molecule has 0 aliphatic heterocycles. The van der Waals surface area contributed by atoms with Crippen LogP contribution in [0.1, 0.15) is 18.1 Å². The molecule has 3 nitrogen and oxygen atoms in total. The molecule has 0 saturated carbocycles. The van der Waals surface area contributed by atoms with Gasteiger partial charge in [-0.05, 0) is 36.8 Å². The minimum Gasteiger partial charge on any atom is -0.392 e. The zero-order chi connectivity index (χ0) is 15.9. The lowest BCUT2D eigenvalue weighted by atomic mass is 10.1. The molecular weight excluding hydrogens is 301 g/mol. The zero-order valence-electron chi connectivity index (χ0n) is 12.3. The molecule has 0 heterocycles. The molecule has 0 saturated heterocycles. The van der Waals surface area contributed by atoms with Crippen molar-refractivity contribution < 1.29 is 14.3 Å². The van der Waals surface area contributed by atoms with E-state index in [0.29, 0.717) is 6.54 Å². The Morgan fingerprint density at radius 1 is 1.27 bits per heavy atom. The van der Waals surface area contributed by atoms with E-state index in [0.717, 1.165) is 10.5 Å². The van der Waals surface area contributed by atoms with Crippen LogP contribution in [0.25, 0.3) is 0 Å². The third-order valence-electron chi connectivity index (χ3n) is 3.17. The van der Waals surface area contributed by atoms with Crippen LogP contribution in [0, 0.1) is 5.82 Å². The maximum atomic E-state index is 13.3. The Kier molecular flexibility index (Phi) is 5.98. The van der Waals surface area contributed by atoms with Crippen molar-refractivity contribution in [3.63, 3.8) is 0 Å². The van der Waals surface area contributed by atoms with Gasteiger partial charge in [-0.3, -0.25) is 4.79 Å². The summed E-state index contributed by atoms with van der Waals surface area (Å²) in [5, 5.41) is 11.6. The predicted molar refractivity (Wildman–Crippen MR) is 85.9 cm³/mol. The number of thioether (sulfide) groups is 1. The summed E-state index contributed by atoms with van der Waals surface area (Å²) < 4.78 is 13.3. The number of aliphatic hydroxyl groups is 1. The second kappa shape index (κ2) is 7.96. The molecule has 22 heavy (non-hydrogen) atoms. The molecule has 116 valence electrons. The first-order valence-corrected chi connectivity index (χ1v) is 7.85. The number of carbonyl (C=O) groups excluding carboxylic acids is 1. The van der Waals surface area contributed by atoms with Crippen LogP contribution < -0.4 is 5.32 Å². The molecule has 0 aliphatic carbocycles. The normalized spacial score (nSPS) is 12.0. The van der Waals surface area contributed by atoms with E-state index in [1.165, 1.54) is 17.8 Å². The number of aliphatic hydroxyl groups excluding tert-OH is 1. The van der Waals surface area contributed by atoms with Gasteiger partial charge in [0.25, 0.3) is 0 Å². The van der Waals surface area contributed by atoms with Gasteiger partial charge >= 0.3 is 0 Å². The third kappa shape index (κ3) is 4.58. The number of amides is 1. The fourth-order valence-corrected chi connectivity index (χ4v) is 2.86. The summed E-state index contributed by atoms with van der Waals surface area (Å²) in [5.41, 5.74) is 0.995. The van der Waals surface area contributed by atoms with Crippen molar-refractivity contribution in [2.75, 3.05) is 0 Å². The molecule has 2 aromatic rings. The van der Waals surface area contributed by atoms with Gasteiger partial charge in [-0.2, -0.15) is 0 Å². The highest BCUT2D eigenvalue weighted by Crippen LogP contribution is 2.22. The topological polar surface area (TPSA) is 49.3 Å². The standard InChI is InChI=1S/C17H18FNO2S/c1-12(22-15-5-3-2-4-6-15)17(21)19-10-13-7-8-16(18)14(9-13)11-20/h2-9,12,20H,10-11H2,1H3,(H,19,21). The van der Waals surface area contributed by atoms with Gasteiger partial charge < -0.3 is 10.4 Å². The number of benzene rings is 2. The number of halogens is 1. The molecule has 2 aromatic carbocycles. The minimum absolute atomic E-state index is 0.0799. The summed E-state index contributed by atoms with van der Waals surface area (Å²) in [7, 11) is 0. The summed E-state index contributed by atoms with van der Waals surface area (Å²) in [4.78, 5) is 13.1. The molecule has 5 heteroatoms. The molecule has 0 radical (unpaired) electrons. The first-order valence-electron chi connectivity index (χ1n) is 6.97. The molecule has 1 atom stereocenters. The van der Waals surface area contributed by atoms with Crippen molar-refractivity contribution in [3.05, 3.63) is 65.5 Å². The van der Waals surface area contributed by atoms with Crippen molar-refractivity contribution in [1.29, 1.82) is 0 Å². The van der Waals surface area contributed by atoms with E-state index in [1.807, 2.05) is 37.3 Å². The van der Waals surface area contributed by atoms with Gasteiger partial charge in [0, 0.05) is 17.0 Å². The average Bonchev–Trinajstić information content (AvgIpc) is 2.54. The number of rotatable bonds is 6. The maximum Gasteiger partial charge on any atom is 0.233 e. The van der Waals surface area contributed by atoms with Gasteiger partial charge in [-0.15, -0.1) is 11.8 Å². The largest absolute Gasteiger partial charge is 0.392 e. The van der Waals surface area contributed by atoms with E-state index in [-0.39, 0.29) is 23.3 Å². The molecule has 0 spiro atoms. The van der Waals surface area contributed by atoms with Gasteiger partial charge in [0.05, 0.1) is 11.9 Å². The molecule has 0 aliphatic rings. The average molecular weight is 319 g/mol. The lowest BCUT2D eigenvalue weighted by Crippen LogP contribution is -2.30. The molecule has 0 aromatic heterocycles. The van der Waals surface area contributed by atoms with E-state index in [1.54, 1.807) is 12.1 Å². The highest BCUT2D eigenvalue weighted by atomic mass is 32.2. The summed E-state index contributed by atoms with van der Waals surface area (Å²) >= 11 is 1.48. The first-order chi connectivity index (χ1) is 10.6. The molecule has 2 rings (SSSR count). The second-order valence-corrected chi connectivity index (χ2v) is 6.29. The lowest BCUT2D eigenvalue weighted by Gasteiger charge is -2.12. The molecule has 1 amide bonds. The van der Waals surface area contributed by atoms with Crippen LogP contribution in [-0.2, 0) is 17.9 Å². The Balaban J connectivity index is 1.89. The first kappa shape index (κ1) is 16.5. The summed E-state index contributed by atoms with van der Waals surface area (Å²) in [6, 6.07) is 14.2. The van der Waals surface area contributed by atoms with E-state index in [2.05, 4.69) is 5.32 Å². The Bertz CT molecular complexity index is 634. The molecule has 1 unspecified atom stereocenters. The van der Waals surface area contributed by atoms with Gasteiger partial charge in [-0.1, -0.05) is 24.3 Å². The second-order valence-electron chi connectivity index (χ2n) is 4.87. The van der Waals surface area contributed by atoms with Crippen LogP contribution in [0.2, 0.25) is 0 Å². The molecule has 0 bridgehead atoms. The zero-order valence-corrected chi connectivity index (χ0v) is 13.1. The van der Waals surface area contributed by atoms with E-state index >= 15 is 0 Å². The van der Waals surface area contributed by atoms with E-state index < -0.39 is 5.82 Å². The smallest absolute Gasteiger partial charge is 0.233 e. The van der Waals surface area contributed by atoms with Crippen LogP contribution in [-0.4, -0.2) is 16.3 Å². The van der Waals surface area contributed by atoms with Crippen LogP contribution in [0.5, 0.6) is 0 Å². The lowest BCUT2D eigenvalue weighted by molar-refractivity contribution is -0.120. The van der Waals surface area contributed by atoms with Crippen molar-refractivity contribution in [2.24, 2.45) is 0 Å². The van der Waals surface area contributed by atoms with Gasteiger partial charge in [0.15, 0.2) is 0 Å². The molecule has 2 N–H and O–H groups in total. The Morgan fingerprint density at radius 2 is 2.00 bits per heavy atom. The summed E-state index contributed by atoms with van der Waals surface area (Å²) in [6.45, 7) is 1.80. The quantitative estimate of drug-likeness (QED) is 0.804. The predicted octanol–water partition coefficient (Wildman–Crippen LogP) is 3.12. The number of hydrogen-bond acceptors (Lipinski definition) is 3. The summed E-state index contributed by atoms with van der Waals surface area (Å²) in [6.07, 6.45) is 0. The highest BCUT2D eigenvalue weighted by Gasteiger charge is 2.14. The SMILES string of the molecule is CC(Sc1ccccc1)C(=O)NCc1ccc(F)c(CO)c1. The van der Waals surface area contributed by atoms with Gasteiger partial charge in [0.1, 0.15) is 5.82 Å². The van der Waals surface area contributed by atoms with E-state index in [9.17, 15) is 9.18 Å². The van der Waals surface area contributed by atoms with Crippen molar-refractivity contribution in [2.45, 2.75) is 30.2 Å². The van der Waals surface area contributed by atoms with Crippen molar-refractivity contribution >= 4 is 17.7 Å². The number of nitrogens with one attached hydrogen (secondary N) is 1. The van der Waals surface area contributed by atoms with Crippen LogP contribution in [0.15, 0.2) is 53.4 Å². The molecule has 0 fully saturated rings. The van der Waals surface area contributed by atoms with Gasteiger partial charge in [-0.25, -0.2) is 4.39 Å². The number of carbonyl (C=O) groups is 1. The molecular formula is C17H18FNO2S. The fourth-order valence-electron chi connectivity index (χ4n) is 1.95. The minimum atomic E-state index is -0.439. The van der Waals surface area contributed by atoms with Crippen molar-refractivity contribution in [3.8, 4) is 0 Å². The Labute approximate surface area is 133 Å². The van der Waals surface area contributed by atoms with E-state index in [4.69, 9.17) is 5.11 Å². The van der Waals surface area contributed by atoms with Crippen LogP contribution in [0.3, 0.4) is 0 Å². The fraction of sp³-hybridized carbons (Fsp3) is 0.235. The monoisotopic (exact) mass is 319 g/mol. The maximum absolute atomic E-state index is 13.3.